The first-order valence-electron chi connectivity index (χ1n) is 7.36. The molecule has 2 N–H and O–H groups in total. The minimum Gasteiger partial charge on any atom is -0.493 e. The second-order valence-electron chi connectivity index (χ2n) is 4.95. The number of nitrogens with one attached hydrogen (secondary N) is 2. The third kappa shape index (κ3) is 3.69. The van der Waals surface area contributed by atoms with Crippen LogP contribution < -0.4 is 14.9 Å². The van der Waals surface area contributed by atoms with Crippen molar-refractivity contribution < 1.29 is 18.7 Å². The molecule has 0 saturated heterocycles. The lowest BCUT2D eigenvalue weighted by Gasteiger charge is -2.08. The number of nitrogens with zero attached hydrogens (tertiary/aromatic N) is 2. The lowest BCUT2D eigenvalue weighted by molar-refractivity contribution is 0.0950. The molecule has 0 spiro atoms. The van der Waals surface area contributed by atoms with Crippen LogP contribution in [0.15, 0.2) is 52.2 Å². The summed E-state index contributed by atoms with van der Waals surface area (Å²) in [6.45, 7) is 0. The first-order chi connectivity index (χ1) is 12.2. The molecule has 0 atom stereocenters. The fraction of sp³-hybridized carbons (Fsp3) is 0.118. The van der Waals surface area contributed by atoms with E-state index in [0.29, 0.717) is 23.0 Å². The lowest BCUT2D eigenvalue weighted by Crippen LogP contribution is -2.17. The zero-order valence-electron chi connectivity index (χ0n) is 13.6. The Kier molecular flexibility index (Phi) is 4.79. The van der Waals surface area contributed by atoms with E-state index in [1.807, 2.05) is 6.07 Å². The number of rotatable bonds is 6. The second kappa shape index (κ2) is 7.35. The number of aromatic amines is 1. The van der Waals surface area contributed by atoms with Gasteiger partial charge in [0.1, 0.15) is 11.5 Å². The van der Waals surface area contributed by atoms with Gasteiger partial charge in [0.2, 0.25) is 0 Å². The number of hydrazone groups is 1. The van der Waals surface area contributed by atoms with Crippen LogP contribution in [0.3, 0.4) is 0 Å². The molecule has 3 aromatic rings. The third-order valence-electron chi connectivity index (χ3n) is 3.40. The highest BCUT2D eigenvalue weighted by atomic mass is 16.5. The van der Waals surface area contributed by atoms with Crippen molar-refractivity contribution in [3.63, 3.8) is 0 Å². The Morgan fingerprint density at radius 2 is 2.08 bits per heavy atom. The Labute approximate surface area is 143 Å². The summed E-state index contributed by atoms with van der Waals surface area (Å²) in [7, 11) is 3.12. The average Bonchev–Trinajstić information content (AvgIpc) is 3.33. The van der Waals surface area contributed by atoms with Crippen LogP contribution in [0.1, 0.15) is 16.2 Å². The molecule has 2 aromatic heterocycles. The number of ether oxygens (including phenoxy) is 2. The van der Waals surface area contributed by atoms with Crippen molar-refractivity contribution >= 4 is 12.1 Å². The monoisotopic (exact) mass is 340 g/mol. The van der Waals surface area contributed by atoms with Crippen molar-refractivity contribution in [2.75, 3.05) is 14.2 Å². The number of carbonyl (C=O) groups is 1. The van der Waals surface area contributed by atoms with Gasteiger partial charge in [-0.3, -0.25) is 9.89 Å². The van der Waals surface area contributed by atoms with Gasteiger partial charge in [-0.15, -0.1) is 0 Å². The molecule has 0 unspecified atom stereocenters. The topological polar surface area (TPSA) is 102 Å². The molecule has 0 bridgehead atoms. The Balaban J connectivity index is 1.72. The Hall–Kier alpha value is -3.55. The van der Waals surface area contributed by atoms with Gasteiger partial charge in [-0.2, -0.15) is 10.2 Å². The molecular formula is C17H16N4O4. The number of furan rings is 1. The van der Waals surface area contributed by atoms with Crippen molar-refractivity contribution in [2.24, 2.45) is 5.10 Å². The van der Waals surface area contributed by atoms with Gasteiger partial charge in [0.25, 0.3) is 5.91 Å². The summed E-state index contributed by atoms with van der Waals surface area (Å²) in [6.07, 6.45) is 2.93. The minimum absolute atomic E-state index is 0.279. The van der Waals surface area contributed by atoms with Crippen LogP contribution in [0.2, 0.25) is 0 Å². The van der Waals surface area contributed by atoms with Gasteiger partial charge in [-0.1, -0.05) is 0 Å². The molecule has 2 heterocycles. The van der Waals surface area contributed by atoms with Gasteiger partial charge >= 0.3 is 0 Å². The number of hydrogen-bond acceptors (Lipinski definition) is 6. The molecule has 0 aliphatic carbocycles. The lowest BCUT2D eigenvalue weighted by atomic mass is 10.1. The van der Waals surface area contributed by atoms with E-state index in [-0.39, 0.29) is 5.69 Å². The average molecular weight is 340 g/mol. The summed E-state index contributed by atoms with van der Waals surface area (Å²) in [5.74, 6) is 1.32. The summed E-state index contributed by atoms with van der Waals surface area (Å²) in [4.78, 5) is 12.1. The van der Waals surface area contributed by atoms with Gasteiger partial charge in [0, 0.05) is 5.56 Å². The number of methoxy groups -OCH3 is 2. The highest BCUT2D eigenvalue weighted by molar-refractivity contribution is 5.94. The second-order valence-corrected chi connectivity index (χ2v) is 4.95. The summed E-state index contributed by atoms with van der Waals surface area (Å²) < 4.78 is 15.6. The zero-order valence-corrected chi connectivity index (χ0v) is 13.6. The molecule has 8 heteroatoms. The molecule has 0 radical (unpaired) electrons. The first kappa shape index (κ1) is 16.3. The standard InChI is InChI=1S/C17H16N4O4/c1-23-15-6-5-11(8-16(15)24-2)13-9-14(20-19-13)17(22)21-18-10-12-4-3-7-25-12/h3-10H,1-2H3,(H,19,20)(H,21,22)/b18-10+. The van der Waals surface area contributed by atoms with Crippen molar-refractivity contribution in [1.29, 1.82) is 0 Å². The molecule has 25 heavy (non-hydrogen) atoms. The molecule has 1 amide bonds. The minimum atomic E-state index is -0.415. The maximum absolute atomic E-state index is 12.1. The SMILES string of the molecule is COc1ccc(-c2cc(C(=O)N/N=C/c3ccco3)[nH]n2)cc1OC. The van der Waals surface area contributed by atoms with E-state index in [1.165, 1.54) is 12.5 Å². The zero-order chi connectivity index (χ0) is 17.6. The van der Waals surface area contributed by atoms with Crippen LogP contribution in [-0.4, -0.2) is 36.5 Å². The van der Waals surface area contributed by atoms with Crippen LogP contribution in [0, 0.1) is 0 Å². The van der Waals surface area contributed by atoms with Crippen molar-refractivity contribution in [3.05, 3.63) is 54.1 Å². The first-order valence-corrected chi connectivity index (χ1v) is 7.36. The van der Waals surface area contributed by atoms with E-state index < -0.39 is 5.91 Å². The molecule has 1 aromatic carbocycles. The Morgan fingerprint density at radius 1 is 1.24 bits per heavy atom. The number of carbonyl (C=O) groups excluding carboxylic acids is 1. The molecule has 0 fully saturated rings. The maximum atomic E-state index is 12.1. The van der Waals surface area contributed by atoms with Gasteiger partial charge in [-0.25, -0.2) is 5.43 Å². The van der Waals surface area contributed by atoms with Crippen molar-refractivity contribution in [1.82, 2.24) is 15.6 Å². The summed E-state index contributed by atoms with van der Waals surface area (Å²) >= 11 is 0. The molecular weight excluding hydrogens is 324 g/mol. The Bertz CT molecular complexity index is 884. The number of amides is 1. The predicted molar refractivity (Wildman–Crippen MR) is 90.9 cm³/mol. The van der Waals surface area contributed by atoms with E-state index in [1.54, 1.807) is 44.6 Å². The largest absolute Gasteiger partial charge is 0.493 e. The molecule has 128 valence electrons. The summed E-state index contributed by atoms with van der Waals surface area (Å²) in [5.41, 5.74) is 4.06. The van der Waals surface area contributed by atoms with E-state index in [4.69, 9.17) is 13.9 Å². The maximum Gasteiger partial charge on any atom is 0.289 e. The predicted octanol–water partition coefficient (Wildman–Crippen LogP) is 2.45. The smallest absolute Gasteiger partial charge is 0.289 e. The van der Waals surface area contributed by atoms with Crippen molar-refractivity contribution in [3.8, 4) is 22.8 Å². The molecule has 8 nitrogen and oxygen atoms in total. The van der Waals surface area contributed by atoms with Gasteiger partial charge in [0.05, 0.1) is 32.4 Å². The quantitative estimate of drug-likeness (QED) is 0.530. The van der Waals surface area contributed by atoms with Gasteiger partial charge < -0.3 is 13.9 Å². The Morgan fingerprint density at radius 3 is 2.80 bits per heavy atom. The van der Waals surface area contributed by atoms with Crippen LogP contribution in [-0.2, 0) is 0 Å². The summed E-state index contributed by atoms with van der Waals surface area (Å²) in [6, 6.07) is 10.5. The van der Waals surface area contributed by atoms with Gasteiger partial charge in [-0.05, 0) is 36.4 Å². The van der Waals surface area contributed by atoms with Crippen molar-refractivity contribution in [2.45, 2.75) is 0 Å². The fourth-order valence-corrected chi connectivity index (χ4v) is 2.16. The van der Waals surface area contributed by atoms with E-state index >= 15 is 0 Å². The van der Waals surface area contributed by atoms with E-state index in [9.17, 15) is 4.79 Å². The highest BCUT2D eigenvalue weighted by Crippen LogP contribution is 2.31. The molecule has 0 aliphatic heterocycles. The van der Waals surface area contributed by atoms with Crippen LogP contribution in [0.4, 0.5) is 0 Å². The number of hydrogen-bond donors (Lipinski definition) is 2. The van der Waals surface area contributed by atoms with Crippen LogP contribution in [0.25, 0.3) is 11.3 Å². The van der Waals surface area contributed by atoms with Gasteiger partial charge in [0.15, 0.2) is 11.5 Å². The third-order valence-corrected chi connectivity index (χ3v) is 3.40. The highest BCUT2D eigenvalue weighted by Gasteiger charge is 2.12. The fourth-order valence-electron chi connectivity index (χ4n) is 2.16. The molecule has 0 saturated carbocycles. The number of benzene rings is 1. The van der Waals surface area contributed by atoms with Crippen LogP contribution >= 0.6 is 0 Å². The summed E-state index contributed by atoms with van der Waals surface area (Å²) in [5, 5.41) is 10.6. The van der Waals surface area contributed by atoms with E-state index in [2.05, 4.69) is 20.7 Å². The molecule has 3 rings (SSSR count). The number of aromatic nitrogens is 2. The van der Waals surface area contributed by atoms with Crippen LogP contribution in [0.5, 0.6) is 11.5 Å². The molecule has 0 aliphatic rings. The number of H-pyrrole nitrogens is 1. The van der Waals surface area contributed by atoms with E-state index in [0.717, 1.165) is 5.56 Å². The normalized spacial score (nSPS) is 10.8.